The molecule has 1 atom stereocenters. The van der Waals surface area contributed by atoms with E-state index in [-0.39, 0.29) is 0 Å². The molecular weight excluding hydrogens is 252 g/mol. The van der Waals surface area contributed by atoms with Gasteiger partial charge >= 0.3 is 0 Å². The molecule has 0 N–H and O–H groups in total. The molecule has 1 rings (SSSR count). The van der Waals surface area contributed by atoms with E-state index in [1.54, 1.807) is 20.4 Å². The lowest BCUT2D eigenvalue weighted by molar-refractivity contribution is 0.0705. The monoisotopic (exact) mass is 272 g/mol. The summed E-state index contributed by atoms with van der Waals surface area (Å²) in [4.78, 5) is 6.37. The number of ether oxygens (including phenoxy) is 2. The van der Waals surface area contributed by atoms with Crippen LogP contribution in [0.5, 0.6) is 0 Å². The van der Waals surface area contributed by atoms with Crippen molar-refractivity contribution in [1.29, 1.82) is 0 Å². The molecule has 0 spiro atoms. The molecule has 102 valence electrons. The van der Waals surface area contributed by atoms with Gasteiger partial charge in [-0.15, -0.1) is 0 Å². The summed E-state index contributed by atoms with van der Waals surface area (Å²) in [5.74, 6) is 0. The van der Waals surface area contributed by atoms with E-state index in [1.807, 2.05) is 12.1 Å². The van der Waals surface area contributed by atoms with Gasteiger partial charge in [0.05, 0.1) is 13.2 Å². The molecule has 5 heteroatoms. The van der Waals surface area contributed by atoms with Gasteiger partial charge in [0.2, 0.25) is 0 Å². The summed E-state index contributed by atoms with van der Waals surface area (Å²) >= 11 is 6.08. The Morgan fingerprint density at radius 3 is 2.78 bits per heavy atom. The van der Waals surface area contributed by atoms with Crippen LogP contribution >= 0.6 is 11.6 Å². The third-order valence-corrected chi connectivity index (χ3v) is 3.16. The highest BCUT2D eigenvalue weighted by Gasteiger charge is 2.15. The van der Waals surface area contributed by atoms with Crippen molar-refractivity contribution in [2.24, 2.45) is 0 Å². The molecule has 0 fully saturated rings. The zero-order chi connectivity index (χ0) is 13.4. The molecule has 1 unspecified atom stereocenters. The maximum atomic E-state index is 6.08. The van der Waals surface area contributed by atoms with Crippen LogP contribution in [-0.2, 0) is 16.0 Å². The Hall–Kier alpha value is -0.680. The molecule has 0 saturated heterocycles. The van der Waals surface area contributed by atoms with Gasteiger partial charge in [0.25, 0.3) is 0 Å². The number of hydrogen-bond acceptors (Lipinski definition) is 4. The fourth-order valence-corrected chi connectivity index (χ4v) is 1.95. The minimum absolute atomic E-state index is 0.307. The summed E-state index contributed by atoms with van der Waals surface area (Å²) in [5, 5.41) is 0.560. The highest BCUT2D eigenvalue weighted by atomic mass is 35.5. The van der Waals surface area contributed by atoms with Gasteiger partial charge in [0, 0.05) is 45.1 Å². The van der Waals surface area contributed by atoms with Crippen molar-refractivity contribution in [3.05, 3.63) is 29.0 Å². The zero-order valence-electron chi connectivity index (χ0n) is 11.2. The predicted octanol–water partition coefficient (Wildman–Crippen LogP) is 2.22. The summed E-state index contributed by atoms with van der Waals surface area (Å²) in [7, 11) is 3.41. The van der Waals surface area contributed by atoms with Gasteiger partial charge in [-0.05, 0) is 13.0 Å². The number of nitrogens with zero attached hydrogens (tertiary/aromatic N) is 2. The van der Waals surface area contributed by atoms with Crippen molar-refractivity contribution < 1.29 is 9.47 Å². The summed E-state index contributed by atoms with van der Waals surface area (Å²) in [6, 6.07) is 4.20. The molecule has 18 heavy (non-hydrogen) atoms. The van der Waals surface area contributed by atoms with Crippen molar-refractivity contribution in [1.82, 2.24) is 9.88 Å². The van der Waals surface area contributed by atoms with Gasteiger partial charge in [-0.1, -0.05) is 17.7 Å². The van der Waals surface area contributed by atoms with Gasteiger partial charge < -0.3 is 9.47 Å². The Morgan fingerprint density at radius 1 is 1.39 bits per heavy atom. The zero-order valence-corrected chi connectivity index (χ0v) is 12.0. The second kappa shape index (κ2) is 8.43. The van der Waals surface area contributed by atoms with E-state index < -0.39 is 0 Å². The van der Waals surface area contributed by atoms with Crippen molar-refractivity contribution in [2.45, 2.75) is 19.5 Å². The second-order valence-electron chi connectivity index (χ2n) is 4.22. The topological polar surface area (TPSA) is 34.6 Å². The average Bonchev–Trinajstić information content (AvgIpc) is 2.36. The highest BCUT2D eigenvalue weighted by Crippen LogP contribution is 2.15. The van der Waals surface area contributed by atoms with Crippen LogP contribution in [0.2, 0.25) is 5.15 Å². The second-order valence-corrected chi connectivity index (χ2v) is 4.58. The number of halogens is 1. The lowest BCUT2D eigenvalue weighted by Gasteiger charge is -2.28. The Bertz CT molecular complexity index is 350. The number of rotatable bonds is 8. The molecule has 0 radical (unpaired) electrons. The number of hydrogen-bond donors (Lipinski definition) is 0. The fourth-order valence-electron chi connectivity index (χ4n) is 1.77. The van der Waals surface area contributed by atoms with Crippen LogP contribution in [0.1, 0.15) is 12.5 Å². The van der Waals surface area contributed by atoms with E-state index >= 15 is 0 Å². The molecule has 0 aromatic carbocycles. The maximum absolute atomic E-state index is 6.08. The predicted molar refractivity (Wildman–Crippen MR) is 72.9 cm³/mol. The molecule has 0 saturated carbocycles. The van der Waals surface area contributed by atoms with Gasteiger partial charge in [0.1, 0.15) is 5.15 Å². The summed E-state index contributed by atoms with van der Waals surface area (Å²) in [6.07, 6.45) is 1.70. The highest BCUT2D eigenvalue weighted by molar-refractivity contribution is 6.30. The summed E-state index contributed by atoms with van der Waals surface area (Å²) in [5.41, 5.74) is 1.03. The van der Waals surface area contributed by atoms with Gasteiger partial charge in [-0.2, -0.15) is 0 Å². The molecule has 1 aromatic heterocycles. The minimum Gasteiger partial charge on any atom is -0.383 e. The van der Waals surface area contributed by atoms with Crippen LogP contribution in [0.15, 0.2) is 18.3 Å². The van der Waals surface area contributed by atoms with Gasteiger partial charge in [0.15, 0.2) is 0 Å². The third kappa shape index (κ3) is 4.90. The van der Waals surface area contributed by atoms with E-state index in [1.165, 1.54) is 0 Å². The summed E-state index contributed by atoms with van der Waals surface area (Å²) in [6.45, 7) is 5.09. The van der Waals surface area contributed by atoms with Crippen LogP contribution in [0.4, 0.5) is 0 Å². The SMILES string of the molecule is COCCN(Cc1cccnc1Cl)C(C)COC. The van der Waals surface area contributed by atoms with E-state index in [2.05, 4.69) is 16.8 Å². The fraction of sp³-hybridized carbons (Fsp3) is 0.615. The largest absolute Gasteiger partial charge is 0.383 e. The van der Waals surface area contributed by atoms with Gasteiger partial charge in [-0.3, -0.25) is 4.90 Å². The van der Waals surface area contributed by atoms with Crippen molar-refractivity contribution in [2.75, 3.05) is 34.0 Å². The van der Waals surface area contributed by atoms with Crippen LogP contribution in [0.3, 0.4) is 0 Å². The quantitative estimate of drug-likeness (QED) is 0.680. The first kappa shape index (κ1) is 15.4. The standard InChI is InChI=1S/C13H21ClN2O2/c1-11(10-18-3)16(7-8-17-2)9-12-5-4-6-15-13(12)14/h4-6,11H,7-10H2,1-3H3. The van der Waals surface area contributed by atoms with Crippen LogP contribution in [0, 0.1) is 0 Å². The Balaban J connectivity index is 2.68. The third-order valence-electron chi connectivity index (χ3n) is 2.82. The van der Waals surface area contributed by atoms with Gasteiger partial charge in [-0.25, -0.2) is 4.98 Å². The first-order chi connectivity index (χ1) is 8.69. The average molecular weight is 273 g/mol. The first-order valence-electron chi connectivity index (χ1n) is 6.00. The molecule has 0 aliphatic rings. The Labute approximate surface area is 114 Å². The molecule has 1 aromatic rings. The lowest BCUT2D eigenvalue weighted by Crippen LogP contribution is -2.38. The number of aromatic nitrogens is 1. The Kier molecular flexibility index (Phi) is 7.20. The van der Waals surface area contributed by atoms with Crippen LogP contribution in [0.25, 0.3) is 0 Å². The number of methoxy groups -OCH3 is 2. The molecular formula is C13H21ClN2O2. The van der Waals surface area contributed by atoms with E-state index in [4.69, 9.17) is 21.1 Å². The maximum Gasteiger partial charge on any atom is 0.133 e. The van der Waals surface area contributed by atoms with Crippen molar-refractivity contribution >= 4 is 11.6 Å². The molecule has 0 amide bonds. The normalized spacial score (nSPS) is 12.9. The Morgan fingerprint density at radius 2 is 2.17 bits per heavy atom. The lowest BCUT2D eigenvalue weighted by atomic mass is 10.2. The van der Waals surface area contributed by atoms with Crippen LogP contribution in [-0.4, -0.2) is 49.9 Å². The summed E-state index contributed by atoms with van der Waals surface area (Å²) < 4.78 is 10.3. The first-order valence-corrected chi connectivity index (χ1v) is 6.38. The molecule has 0 bridgehead atoms. The smallest absolute Gasteiger partial charge is 0.133 e. The molecule has 1 heterocycles. The molecule has 0 aliphatic heterocycles. The van der Waals surface area contributed by atoms with E-state index in [9.17, 15) is 0 Å². The van der Waals surface area contributed by atoms with Crippen molar-refractivity contribution in [3.63, 3.8) is 0 Å². The molecule has 0 aliphatic carbocycles. The van der Waals surface area contributed by atoms with E-state index in [0.717, 1.165) is 18.7 Å². The van der Waals surface area contributed by atoms with Crippen LogP contribution < -0.4 is 0 Å². The number of pyridine rings is 1. The molecule has 4 nitrogen and oxygen atoms in total. The minimum atomic E-state index is 0.307. The van der Waals surface area contributed by atoms with Crippen molar-refractivity contribution in [3.8, 4) is 0 Å². The van der Waals surface area contributed by atoms with E-state index in [0.29, 0.717) is 24.4 Å².